The van der Waals surface area contributed by atoms with E-state index < -0.39 is 5.72 Å². The highest BCUT2D eigenvalue weighted by Crippen LogP contribution is 2.48. The molecule has 3 fully saturated rings. The highest BCUT2D eigenvalue weighted by molar-refractivity contribution is 5.89. The molecule has 0 radical (unpaired) electrons. The Labute approximate surface area is 165 Å². The van der Waals surface area contributed by atoms with Crippen LogP contribution in [0.1, 0.15) is 43.7 Å². The molecule has 2 aromatic rings. The largest absolute Gasteiger partial charge is 0.366 e. The van der Waals surface area contributed by atoms with Gasteiger partial charge >= 0.3 is 0 Å². The van der Waals surface area contributed by atoms with Crippen LogP contribution in [0.4, 0.5) is 5.69 Å². The van der Waals surface area contributed by atoms with Crippen LogP contribution in [0, 0.1) is 5.92 Å². The molecule has 5 nitrogen and oxygen atoms in total. The van der Waals surface area contributed by atoms with Crippen LogP contribution < -0.4 is 10.4 Å². The van der Waals surface area contributed by atoms with Gasteiger partial charge in [0, 0.05) is 12.6 Å². The smallest absolute Gasteiger partial charge is 0.272 e. The zero-order valence-electron chi connectivity index (χ0n) is 16.0. The summed E-state index contributed by atoms with van der Waals surface area (Å²) in [7, 11) is 0. The minimum Gasteiger partial charge on any atom is -0.366 e. The van der Waals surface area contributed by atoms with Gasteiger partial charge in [-0.15, -0.1) is 0 Å². The zero-order chi connectivity index (χ0) is 19.1. The fourth-order valence-corrected chi connectivity index (χ4v) is 5.25. The summed E-state index contributed by atoms with van der Waals surface area (Å²) in [6.45, 7) is 0.593. The highest BCUT2D eigenvalue weighted by Gasteiger charge is 2.63. The van der Waals surface area contributed by atoms with E-state index >= 15 is 0 Å². The molecular weight excluding hydrogens is 350 g/mol. The number of likely N-dealkylation sites (tertiary alicyclic amines) is 1. The van der Waals surface area contributed by atoms with Crippen LogP contribution >= 0.6 is 0 Å². The van der Waals surface area contributed by atoms with Crippen molar-refractivity contribution in [1.29, 1.82) is 0 Å². The van der Waals surface area contributed by atoms with Crippen molar-refractivity contribution in [3.63, 3.8) is 0 Å². The molecule has 1 aliphatic carbocycles. The predicted molar refractivity (Wildman–Crippen MR) is 108 cm³/mol. The van der Waals surface area contributed by atoms with Crippen molar-refractivity contribution in [2.75, 3.05) is 11.6 Å². The van der Waals surface area contributed by atoms with Crippen LogP contribution in [0.25, 0.3) is 0 Å². The van der Waals surface area contributed by atoms with Crippen molar-refractivity contribution in [2.24, 2.45) is 5.92 Å². The summed E-state index contributed by atoms with van der Waals surface area (Å²) in [4.78, 5) is 15.3. The molecule has 3 atom stereocenters. The van der Waals surface area contributed by atoms with Crippen LogP contribution in [0.5, 0.6) is 0 Å². The lowest BCUT2D eigenvalue weighted by atomic mass is 9.88. The molecule has 0 aromatic heterocycles. The molecule has 1 saturated carbocycles. The predicted octanol–water partition coefficient (Wildman–Crippen LogP) is 3.23. The molecule has 28 heavy (non-hydrogen) atoms. The molecule has 146 valence electrons. The van der Waals surface area contributed by atoms with Gasteiger partial charge in [0.05, 0.1) is 17.6 Å². The Morgan fingerprint density at radius 2 is 1.57 bits per heavy atom. The molecule has 2 aliphatic heterocycles. The lowest BCUT2D eigenvalue weighted by molar-refractivity contribution is -0.148. The van der Waals surface area contributed by atoms with E-state index in [1.165, 1.54) is 19.3 Å². The number of anilines is 1. The summed E-state index contributed by atoms with van der Waals surface area (Å²) in [5.41, 5.74) is 3.73. The normalized spacial score (nSPS) is 30.7. The quantitative estimate of drug-likeness (QED) is 0.862. The molecule has 5 heteroatoms. The van der Waals surface area contributed by atoms with Crippen molar-refractivity contribution in [3.8, 4) is 0 Å². The highest BCUT2D eigenvalue weighted by atomic mass is 16.3. The van der Waals surface area contributed by atoms with Crippen LogP contribution in [0.3, 0.4) is 0 Å². The standard InChI is InChI=1S/C23H27N3O2/c27-22-23(28)20(16-25(22)18-12-6-2-7-13-18)21(17-10-4-1-5-11-17)26(24-23)19-14-8-3-9-15-19/h1,3-5,8-11,14-15,18,20-21,24,28H,2,6-7,12-13,16H2/t20-,21-,23+/m1/s1. The summed E-state index contributed by atoms with van der Waals surface area (Å²) >= 11 is 0. The number of hydrogen-bond donors (Lipinski definition) is 2. The van der Waals surface area contributed by atoms with E-state index in [9.17, 15) is 9.90 Å². The second-order valence-electron chi connectivity index (χ2n) is 8.30. The van der Waals surface area contributed by atoms with Crippen molar-refractivity contribution >= 4 is 11.6 Å². The van der Waals surface area contributed by atoms with Gasteiger partial charge in [-0.25, -0.2) is 0 Å². The summed E-state index contributed by atoms with van der Waals surface area (Å²) in [5, 5.41) is 13.5. The van der Waals surface area contributed by atoms with Crippen molar-refractivity contribution in [2.45, 2.75) is 49.9 Å². The van der Waals surface area contributed by atoms with Gasteiger partial charge in [-0.05, 0) is 30.5 Å². The van der Waals surface area contributed by atoms with Crippen molar-refractivity contribution in [3.05, 3.63) is 66.2 Å². The first-order valence-electron chi connectivity index (χ1n) is 10.4. The number of fused-ring (bicyclic) bond motifs is 1. The average molecular weight is 377 g/mol. The number of carbonyl (C=O) groups is 1. The Morgan fingerprint density at radius 1 is 0.929 bits per heavy atom. The van der Waals surface area contributed by atoms with Crippen LogP contribution in [-0.2, 0) is 4.79 Å². The van der Waals surface area contributed by atoms with Gasteiger partial charge in [-0.1, -0.05) is 67.8 Å². The van der Waals surface area contributed by atoms with E-state index in [1.54, 1.807) is 0 Å². The molecular formula is C23H27N3O2. The Balaban J connectivity index is 1.53. The molecule has 0 spiro atoms. The van der Waals surface area contributed by atoms with E-state index in [-0.39, 0.29) is 23.9 Å². The van der Waals surface area contributed by atoms with Gasteiger partial charge in [-0.3, -0.25) is 9.80 Å². The molecule has 0 bridgehead atoms. The average Bonchev–Trinajstić information content (AvgIpc) is 3.19. The van der Waals surface area contributed by atoms with E-state index in [1.807, 2.05) is 58.4 Å². The first-order valence-corrected chi connectivity index (χ1v) is 10.4. The molecule has 2 saturated heterocycles. The number of nitrogens with zero attached hydrogens (tertiary/aromatic N) is 2. The van der Waals surface area contributed by atoms with E-state index in [0.29, 0.717) is 6.54 Å². The first-order chi connectivity index (χ1) is 13.7. The minimum absolute atomic E-state index is 0.105. The third kappa shape index (κ3) is 2.73. The monoisotopic (exact) mass is 377 g/mol. The summed E-state index contributed by atoms with van der Waals surface area (Å²) in [6, 6.07) is 20.3. The summed E-state index contributed by atoms with van der Waals surface area (Å²) in [5.74, 6) is -0.381. The Bertz CT molecular complexity index is 837. The van der Waals surface area contributed by atoms with Gasteiger partial charge in [0.2, 0.25) is 5.72 Å². The van der Waals surface area contributed by atoms with Gasteiger partial charge < -0.3 is 10.0 Å². The SMILES string of the molecule is O=C1N(C2CCCCC2)C[C@@H]2[C@@H](c3ccccc3)N(c3ccccc3)N[C@@]12O. The number of benzene rings is 2. The maximum Gasteiger partial charge on any atom is 0.272 e. The van der Waals surface area contributed by atoms with E-state index in [4.69, 9.17) is 0 Å². The van der Waals surface area contributed by atoms with Gasteiger partial charge in [-0.2, -0.15) is 5.43 Å². The molecule has 0 unspecified atom stereocenters. The number of hydrazine groups is 1. The van der Waals surface area contributed by atoms with Crippen LogP contribution in [-0.4, -0.2) is 34.2 Å². The van der Waals surface area contributed by atoms with Crippen LogP contribution in [0.15, 0.2) is 60.7 Å². The number of para-hydroxylation sites is 1. The van der Waals surface area contributed by atoms with Crippen molar-refractivity contribution < 1.29 is 9.90 Å². The third-order valence-electron chi connectivity index (χ3n) is 6.66. The molecule has 5 rings (SSSR count). The number of aliphatic hydroxyl groups is 1. The van der Waals surface area contributed by atoms with Gasteiger partial charge in [0.1, 0.15) is 0 Å². The van der Waals surface area contributed by atoms with E-state index in [0.717, 1.165) is 24.1 Å². The van der Waals surface area contributed by atoms with Crippen LogP contribution in [0.2, 0.25) is 0 Å². The second-order valence-corrected chi connectivity index (χ2v) is 8.30. The fraction of sp³-hybridized carbons (Fsp3) is 0.435. The number of amides is 1. The molecule has 2 aromatic carbocycles. The maximum atomic E-state index is 13.3. The van der Waals surface area contributed by atoms with Gasteiger partial charge in [0.15, 0.2) is 0 Å². The first kappa shape index (κ1) is 17.7. The number of rotatable bonds is 3. The Kier molecular flexibility index (Phi) is 4.37. The third-order valence-corrected chi connectivity index (χ3v) is 6.66. The lowest BCUT2D eigenvalue weighted by Gasteiger charge is -2.35. The summed E-state index contributed by atoms with van der Waals surface area (Å²) in [6.07, 6.45) is 5.69. The molecule has 2 heterocycles. The van der Waals surface area contributed by atoms with E-state index in [2.05, 4.69) is 17.6 Å². The fourth-order valence-electron chi connectivity index (χ4n) is 5.25. The lowest BCUT2D eigenvalue weighted by Crippen LogP contribution is -2.55. The molecule has 2 N–H and O–H groups in total. The topological polar surface area (TPSA) is 55.8 Å². The second kappa shape index (κ2) is 6.90. The summed E-state index contributed by atoms with van der Waals surface area (Å²) < 4.78 is 0. The molecule has 3 aliphatic rings. The zero-order valence-corrected chi connectivity index (χ0v) is 16.0. The Morgan fingerprint density at radius 3 is 2.25 bits per heavy atom. The number of nitrogens with one attached hydrogen (secondary N) is 1. The molecule has 1 amide bonds. The van der Waals surface area contributed by atoms with Crippen molar-refractivity contribution in [1.82, 2.24) is 10.3 Å². The minimum atomic E-state index is -1.55. The Hall–Kier alpha value is -2.37. The van der Waals surface area contributed by atoms with Gasteiger partial charge in [0.25, 0.3) is 5.91 Å². The maximum absolute atomic E-state index is 13.3. The number of hydrogen-bond acceptors (Lipinski definition) is 4. The number of carbonyl (C=O) groups excluding carboxylic acids is 1.